The van der Waals surface area contributed by atoms with Crippen molar-refractivity contribution in [2.75, 3.05) is 5.75 Å². The molecule has 0 aliphatic rings. The molecule has 0 bridgehead atoms. The topological polar surface area (TPSA) is 88.9 Å². The normalized spacial score (nSPS) is 10.7. The summed E-state index contributed by atoms with van der Waals surface area (Å²) in [6.45, 7) is 0.684. The lowest BCUT2D eigenvalue weighted by Gasteiger charge is -2.11. The molecule has 2 amide bonds. The first-order valence-corrected chi connectivity index (χ1v) is 12.4. The number of aromatic nitrogens is 3. The molecule has 10 heteroatoms. The van der Waals surface area contributed by atoms with Crippen molar-refractivity contribution in [2.45, 2.75) is 24.5 Å². The first kappa shape index (κ1) is 23.7. The number of nitrogens with zero attached hydrogens (tertiary/aromatic N) is 3. The Hall–Kier alpha value is -3.50. The summed E-state index contributed by atoms with van der Waals surface area (Å²) in [5.41, 5.74) is 6.16. The summed E-state index contributed by atoms with van der Waals surface area (Å²) >= 11 is 2.92. The summed E-state index contributed by atoms with van der Waals surface area (Å²) in [7, 11) is 0. The summed E-state index contributed by atoms with van der Waals surface area (Å²) in [6, 6.07) is 19.3. The van der Waals surface area contributed by atoms with Gasteiger partial charge in [0.15, 0.2) is 5.16 Å². The van der Waals surface area contributed by atoms with Crippen LogP contribution in [-0.2, 0) is 24.2 Å². The molecule has 2 aromatic heterocycles. The molecular formula is C24H22FN5O2S2. The molecule has 0 saturated heterocycles. The van der Waals surface area contributed by atoms with Crippen LogP contribution in [0.3, 0.4) is 0 Å². The number of hydrazine groups is 1. The van der Waals surface area contributed by atoms with Crippen LogP contribution in [0.5, 0.6) is 0 Å². The highest BCUT2D eigenvalue weighted by Crippen LogP contribution is 2.21. The van der Waals surface area contributed by atoms with Crippen LogP contribution < -0.4 is 10.9 Å². The van der Waals surface area contributed by atoms with E-state index in [1.54, 1.807) is 11.3 Å². The van der Waals surface area contributed by atoms with Crippen LogP contribution in [0.2, 0.25) is 0 Å². The summed E-state index contributed by atoms with van der Waals surface area (Å²) < 4.78 is 15.0. The summed E-state index contributed by atoms with van der Waals surface area (Å²) in [5, 5.41) is 11.3. The van der Waals surface area contributed by atoms with Crippen LogP contribution in [0.1, 0.15) is 26.6 Å². The highest BCUT2D eigenvalue weighted by molar-refractivity contribution is 7.99. The summed E-state index contributed by atoms with van der Waals surface area (Å²) in [6.07, 6.45) is 1.48. The number of carbonyl (C=O) groups excluding carboxylic acids is 2. The Balaban J connectivity index is 1.37. The molecule has 0 atom stereocenters. The molecule has 174 valence electrons. The van der Waals surface area contributed by atoms with Gasteiger partial charge in [-0.25, -0.2) is 4.39 Å². The van der Waals surface area contributed by atoms with Gasteiger partial charge in [-0.15, -0.1) is 21.5 Å². The quantitative estimate of drug-likeness (QED) is 0.272. The van der Waals surface area contributed by atoms with Gasteiger partial charge >= 0.3 is 0 Å². The average molecular weight is 496 g/mol. The molecule has 34 heavy (non-hydrogen) atoms. The van der Waals surface area contributed by atoms with Crippen molar-refractivity contribution >= 4 is 34.9 Å². The minimum atomic E-state index is -0.525. The number of thioether (sulfide) groups is 1. The lowest BCUT2D eigenvalue weighted by atomic mass is 10.1. The fourth-order valence-corrected chi connectivity index (χ4v) is 4.69. The Morgan fingerprint density at radius 2 is 1.76 bits per heavy atom. The van der Waals surface area contributed by atoms with Crippen molar-refractivity contribution in [3.63, 3.8) is 0 Å². The van der Waals surface area contributed by atoms with E-state index in [1.807, 2.05) is 34.2 Å². The molecule has 4 rings (SSSR count). The summed E-state index contributed by atoms with van der Waals surface area (Å²) in [4.78, 5) is 25.6. The molecule has 4 aromatic rings. The molecular weight excluding hydrogens is 473 g/mol. The largest absolute Gasteiger partial charge is 0.305 e. The Morgan fingerprint density at radius 1 is 0.971 bits per heavy atom. The van der Waals surface area contributed by atoms with Crippen molar-refractivity contribution in [3.8, 4) is 0 Å². The Kier molecular flexibility index (Phi) is 8.05. The molecule has 0 unspecified atom stereocenters. The van der Waals surface area contributed by atoms with Crippen molar-refractivity contribution in [2.24, 2.45) is 0 Å². The molecule has 7 nitrogen and oxygen atoms in total. The molecule has 0 spiro atoms. The number of hydrogen-bond donors (Lipinski definition) is 2. The van der Waals surface area contributed by atoms with Crippen LogP contribution in [0, 0.1) is 5.82 Å². The number of hydrogen-bond acceptors (Lipinski definition) is 6. The second-order valence-corrected chi connectivity index (χ2v) is 9.31. The Labute approximate surface area is 204 Å². The van der Waals surface area contributed by atoms with Gasteiger partial charge in [0, 0.05) is 23.4 Å². The minimum absolute atomic E-state index is 0.0478. The van der Waals surface area contributed by atoms with E-state index in [4.69, 9.17) is 0 Å². The van der Waals surface area contributed by atoms with Crippen LogP contribution in [-0.4, -0.2) is 32.3 Å². The second-order valence-electron chi connectivity index (χ2n) is 7.34. The predicted molar refractivity (Wildman–Crippen MR) is 130 cm³/mol. The van der Waals surface area contributed by atoms with Gasteiger partial charge in [0.2, 0.25) is 5.91 Å². The molecule has 0 aliphatic carbocycles. The van der Waals surface area contributed by atoms with E-state index in [0.717, 1.165) is 12.2 Å². The van der Waals surface area contributed by atoms with Gasteiger partial charge in [-0.3, -0.25) is 20.4 Å². The number of nitrogens with one attached hydrogen (secondary N) is 2. The highest BCUT2D eigenvalue weighted by atomic mass is 32.2. The number of thiophene rings is 1. The average Bonchev–Trinajstić information content (AvgIpc) is 3.51. The third-order valence-electron chi connectivity index (χ3n) is 4.93. The monoisotopic (exact) mass is 495 g/mol. The molecule has 0 saturated carbocycles. The Morgan fingerprint density at radius 3 is 2.50 bits per heavy atom. The van der Waals surface area contributed by atoms with E-state index >= 15 is 0 Å². The van der Waals surface area contributed by atoms with Gasteiger partial charge in [0.25, 0.3) is 5.91 Å². The smallest absolute Gasteiger partial charge is 0.269 e. The maximum Gasteiger partial charge on any atom is 0.269 e. The van der Waals surface area contributed by atoms with Gasteiger partial charge < -0.3 is 4.57 Å². The van der Waals surface area contributed by atoms with Crippen LogP contribution in [0.4, 0.5) is 4.39 Å². The van der Waals surface area contributed by atoms with E-state index in [9.17, 15) is 14.0 Å². The zero-order chi connectivity index (χ0) is 23.8. The lowest BCUT2D eigenvalue weighted by molar-refractivity contribution is -0.119. The van der Waals surface area contributed by atoms with Gasteiger partial charge in [-0.1, -0.05) is 48.2 Å². The SMILES string of the molecule is O=C(CSc1nnc(Cc2cccs2)n1CCc1ccccc1)NNC(=O)c1ccc(F)cc1. The Bertz CT molecular complexity index is 1230. The second kappa shape index (κ2) is 11.6. The van der Waals surface area contributed by atoms with E-state index in [0.29, 0.717) is 18.1 Å². The molecule has 2 N–H and O–H groups in total. The molecule has 0 aliphatic heterocycles. The highest BCUT2D eigenvalue weighted by Gasteiger charge is 2.16. The van der Waals surface area contributed by atoms with Crippen molar-refractivity contribution in [1.82, 2.24) is 25.6 Å². The molecule has 2 heterocycles. The van der Waals surface area contributed by atoms with Crippen LogP contribution >= 0.6 is 23.1 Å². The van der Waals surface area contributed by atoms with E-state index in [1.165, 1.54) is 46.5 Å². The van der Waals surface area contributed by atoms with E-state index in [-0.39, 0.29) is 11.3 Å². The first-order chi connectivity index (χ1) is 16.6. The zero-order valence-corrected chi connectivity index (χ0v) is 19.7. The molecule has 0 radical (unpaired) electrons. The molecule has 0 fully saturated rings. The van der Waals surface area contributed by atoms with Crippen molar-refractivity contribution in [1.29, 1.82) is 0 Å². The minimum Gasteiger partial charge on any atom is -0.305 e. The number of carbonyl (C=O) groups is 2. The number of halogens is 1. The standard InChI is InChI=1S/C24H22FN5O2S2/c25-19-10-8-18(9-11-19)23(32)28-27-22(31)16-34-24-29-26-21(15-20-7-4-14-33-20)30(24)13-12-17-5-2-1-3-6-17/h1-11,14H,12-13,15-16H2,(H,27,31)(H,28,32). The summed E-state index contributed by atoms with van der Waals surface area (Å²) in [5.74, 6) is -0.468. The third kappa shape index (κ3) is 6.52. The zero-order valence-electron chi connectivity index (χ0n) is 18.1. The maximum atomic E-state index is 13.0. The molecule has 2 aromatic carbocycles. The van der Waals surface area contributed by atoms with Gasteiger partial charge in [-0.2, -0.15) is 0 Å². The number of benzene rings is 2. The van der Waals surface area contributed by atoms with Gasteiger partial charge in [-0.05, 0) is 47.7 Å². The van der Waals surface area contributed by atoms with Crippen LogP contribution in [0.25, 0.3) is 0 Å². The fraction of sp³-hybridized carbons (Fsp3) is 0.167. The van der Waals surface area contributed by atoms with E-state index < -0.39 is 17.6 Å². The van der Waals surface area contributed by atoms with Crippen molar-refractivity contribution in [3.05, 3.63) is 99.8 Å². The third-order valence-corrected chi connectivity index (χ3v) is 6.77. The number of aryl methyl sites for hydroxylation is 1. The van der Waals surface area contributed by atoms with Gasteiger partial charge in [0.05, 0.1) is 5.75 Å². The number of amides is 2. The van der Waals surface area contributed by atoms with E-state index in [2.05, 4.69) is 39.2 Å². The van der Waals surface area contributed by atoms with Gasteiger partial charge in [0.1, 0.15) is 11.6 Å². The maximum absolute atomic E-state index is 13.0. The first-order valence-electron chi connectivity index (χ1n) is 10.5. The number of rotatable bonds is 9. The fourth-order valence-electron chi connectivity index (χ4n) is 3.20. The predicted octanol–water partition coefficient (Wildman–Crippen LogP) is 3.87. The lowest BCUT2D eigenvalue weighted by Crippen LogP contribution is -2.42. The van der Waals surface area contributed by atoms with Crippen molar-refractivity contribution < 1.29 is 14.0 Å². The van der Waals surface area contributed by atoms with Crippen LogP contribution in [0.15, 0.2) is 77.3 Å².